The first-order valence-electron chi connectivity index (χ1n) is 5.64. The van der Waals surface area contributed by atoms with Crippen molar-refractivity contribution in [2.45, 2.75) is 26.7 Å². The number of nitrogens with two attached hydrogens (primary N) is 1. The fourth-order valence-corrected chi connectivity index (χ4v) is 1.77. The number of hydrogen-bond donors (Lipinski definition) is 1. The van der Waals surface area contributed by atoms with E-state index in [1.165, 1.54) is 6.07 Å². The molecule has 0 aliphatic heterocycles. The highest BCUT2D eigenvalue weighted by Crippen LogP contribution is 2.29. The molecule has 0 unspecified atom stereocenters. The zero-order valence-corrected chi connectivity index (χ0v) is 9.96. The smallest absolute Gasteiger partial charge is 0.172 e. The fourth-order valence-electron chi connectivity index (χ4n) is 1.77. The van der Waals surface area contributed by atoms with E-state index in [4.69, 9.17) is 10.3 Å². The number of halogens is 1. The SMILES string of the molecule is CCCc1c(N)noc1-c1ccc(C)c(F)c1. The van der Waals surface area contributed by atoms with Gasteiger partial charge in [-0.25, -0.2) is 4.39 Å². The lowest BCUT2D eigenvalue weighted by molar-refractivity contribution is 0.434. The molecule has 17 heavy (non-hydrogen) atoms. The van der Waals surface area contributed by atoms with Crippen molar-refractivity contribution in [3.63, 3.8) is 0 Å². The molecule has 2 N–H and O–H groups in total. The Morgan fingerprint density at radius 1 is 1.41 bits per heavy atom. The number of hydrogen-bond acceptors (Lipinski definition) is 3. The van der Waals surface area contributed by atoms with Crippen LogP contribution in [0.1, 0.15) is 24.5 Å². The normalized spacial score (nSPS) is 10.8. The third kappa shape index (κ3) is 2.16. The molecule has 0 aliphatic carbocycles. The van der Waals surface area contributed by atoms with Crippen molar-refractivity contribution in [3.8, 4) is 11.3 Å². The van der Waals surface area contributed by atoms with E-state index >= 15 is 0 Å². The van der Waals surface area contributed by atoms with Crippen molar-refractivity contribution in [1.29, 1.82) is 0 Å². The molecule has 2 rings (SSSR count). The Morgan fingerprint density at radius 2 is 2.18 bits per heavy atom. The van der Waals surface area contributed by atoms with Crippen LogP contribution in [0.2, 0.25) is 0 Å². The van der Waals surface area contributed by atoms with Gasteiger partial charge in [-0.05, 0) is 25.0 Å². The first-order valence-corrected chi connectivity index (χ1v) is 5.64. The highest BCUT2D eigenvalue weighted by molar-refractivity contribution is 5.66. The lowest BCUT2D eigenvalue weighted by Crippen LogP contribution is -1.93. The third-order valence-electron chi connectivity index (χ3n) is 2.75. The molecular formula is C13H15FN2O. The van der Waals surface area contributed by atoms with E-state index in [0.717, 1.165) is 18.4 Å². The second-order valence-corrected chi connectivity index (χ2v) is 4.09. The Hall–Kier alpha value is -1.84. The summed E-state index contributed by atoms with van der Waals surface area (Å²) in [4.78, 5) is 0. The number of nitrogen functional groups attached to an aromatic ring is 1. The summed E-state index contributed by atoms with van der Waals surface area (Å²) in [5.74, 6) is 0.714. The van der Waals surface area contributed by atoms with Crippen molar-refractivity contribution >= 4 is 5.82 Å². The van der Waals surface area contributed by atoms with Gasteiger partial charge >= 0.3 is 0 Å². The van der Waals surface area contributed by atoms with Crippen LogP contribution in [0.15, 0.2) is 22.7 Å². The van der Waals surface area contributed by atoms with Crippen molar-refractivity contribution in [2.75, 3.05) is 5.73 Å². The van der Waals surface area contributed by atoms with Crippen LogP contribution in [-0.2, 0) is 6.42 Å². The molecule has 3 nitrogen and oxygen atoms in total. The predicted molar refractivity (Wildman–Crippen MR) is 65.0 cm³/mol. The van der Waals surface area contributed by atoms with Crippen molar-refractivity contribution in [2.24, 2.45) is 0 Å². The van der Waals surface area contributed by atoms with Gasteiger partial charge in [-0.1, -0.05) is 30.6 Å². The lowest BCUT2D eigenvalue weighted by Gasteiger charge is -2.02. The molecule has 0 bridgehead atoms. The average molecular weight is 234 g/mol. The first-order chi connectivity index (χ1) is 8.13. The van der Waals surface area contributed by atoms with Gasteiger partial charge in [0.2, 0.25) is 0 Å². The van der Waals surface area contributed by atoms with Crippen LogP contribution in [0.25, 0.3) is 11.3 Å². The minimum Gasteiger partial charge on any atom is -0.381 e. The molecular weight excluding hydrogens is 219 g/mol. The fraction of sp³-hybridized carbons (Fsp3) is 0.308. The highest BCUT2D eigenvalue weighted by atomic mass is 19.1. The molecule has 0 radical (unpaired) electrons. The van der Waals surface area contributed by atoms with Crippen molar-refractivity contribution < 1.29 is 8.91 Å². The lowest BCUT2D eigenvalue weighted by atomic mass is 10.0. The van der Waals surface area contributed by atoms with Crippen LogP contribution in [0.4, 0.5) is 10.2 Å². The van der Waals surface area contributed by atoms with Crippen molar-refractivity contribution in [3.05, 3.63) is 35.1 Å². The largest absolute Gasteiger partial charge is 0.381 e. The molecule has 1 aromatic heterocycles. The third-order valence-corrected chi connectivity index (χ3v) is 2.75. The Morgan fingerprint density at radius 3 is 2.82 bits per heavy atom. The minimum absolute atomic E-state index is 0.250. The van der Waals surface area contributed by atoms with Crippen LogP contribution in [0, 0.1) is 12.7 Å². The standard InChI is InChI=1S/C13H15FN2O/c1-3-4-10-12(17-16-13(10)15)9-6-5-8(2)11(14)7-9/h5-7H,3-4H2,1-2H3,(H2,15,16). The summed E-state index contributed by atoms with van der Waals surface area (Å²) in [5.41, 5.74) is 7.88. The molecule has 90 valence electrons. The summed E-state index contributed by atoms with van der Waals surface area (Å²) in [6.07, 6.45) is 1.72. The van der Waals surface area contributed by atoms with Gasteiger partial charge in [-0.2, -0.15) is 0 Å². The summed E-state index contributed by atoms with van der Waals surface area (Å²) >= 11 is 0. The molecule has 1 heterocycles. The van der Waals surface area contributed by atoms with E-state index in [-0.39, 0.29) is 5.82 Å². The zero-order chi connectivity index (χ0) is 12.4. The number of nitrogens with zero attached hydrogens (tertiary/aromatic N) is 1. The van der Waals surface area contributed by atoms with E-state index in [1.807, 2.05) is 13.0 Å². The summed E-state index contributed by atoms with van der Waals surface area (Å²) in [7, 11) is 0. The number of anilines is 1. The molecule has 4 heteroatoms. The summed E-state index contributed by atoms with van der Waals surface area (Å²) in [6.45, 7) is 3.77. The maximum absolute atomic E-state index is 13.5. The zero-order valence-electron chi connectivity index (χ0n) is 9.96. The van der Waals surface area contributed by atoms with Crippen LogP contribution >= 0.6 is 0 Å². The van der Waals surface area contributed by atoms with Crippen LogP contribution in [0.5, 0.6) is 0 Å². The Bertz CT molecular complexity index is 534. The van der Waals surface area contributed by atoms with E-state index < -0.39 is 0 Å². The number of rotatable bonds is 3. The van der Waals surface area contributed by atoms with E-state index in [2.05, 4.69) is 5.16 Å². The molecule has 0 amide bonds. The van der Waals surface area contributed by atoms with E-state index in [9.17, 15) is 4.39 Å². The summed E-state index contributed by atoms with van der Waals surface area (Å²) in [6, 6.07) is 4.99. The summed E-state index contributed by atoms with van der Waals surface area (Å²) < 4.78 is 18.7. The number of aryl methyl sites for hydroxylation is 1. The predicted octanol–water partition coefficient (Wildman–Crippen LogP) is 3.32. The van der Waals surface area contributed by atoms with Crippen molar-refractivity contribution in [1.82, 2.24) is 5.16 Å². The second kappa shape index (κ2) is 4.57. The molecule has 0 fully saturated rings. The van der Waals surface area contributed by atoms with Gasteiger partial charge in [0.25, 0.3) is 0 Å². The maximum Gasteiger partial charge on any atom is 0.172 e. The van der Waals surface area contributed by atoms with Crippen LogP contribution < -0.4 is 5.73 Å². The Labute approximate surface area is 99.4 Å². The second-order valence-electron chi connectivity index (χ2n) is 4.09. The Kier molecular flexibility index (Phi) is 3.13. The van der Waals surface area contributed by atoms with E-state index in [1.54, 1.807) is 13.0 Å². The van der Waals surface area contributed by atoms with Gasteiger partial charge in [0.05, 0.1) is 0 Å². The minimum atomic E-state index is -0.250. The van der Waals surface area contributed by atoms with Crippen LogP contribution in [0.3, 0.4) is 0 Å². The Balaban J connectivity index is 2.48. The van der Waals surface area contributed by atoms with Gasteiger partial charge in [0, 0.05) is 11.1 Å². The van der Waals surface area contributed by atoms with E-state index in [0.29, 0.717) is 22.7 Å². The number of aromatic nitrogens is 1. The van der Waals surface area contributed by atoms with Gasteiger partial charge in [-0.15, -0.1) is 0 Å². The molecule has 2 aromatic rings. The molecule has 0 spiro atoms. The van der Waals surface area contributed by atoms with Crippen LogP contribution in [-0.4, -0.2) is 5.16 Å². The summed E-state index contributed by atoms with van der Waals surface area (Å²) in [5, 5.41) is 3.74. The monoisotopic (exact) mass is 234 g/mol. The highest BCUT2D eigenvalue weighted by Gasteiger charge is 2.15. The first kappa shape index (κ1) is 11.6. The maximum atomic E-state index is 13.5. The molecule has 1 aromatic carbocycles. The van der Waals surface area contributed by atoms with Gasteiger partial charge in [0.1, 0.15) is 5.82 Å². The van der Waals surface area contributed by atoms with Gasteiger partial charge in [-0.3, -0.25) is 0 Å². The topological polar surface area (TPSA) is 52.0 Å². The molecule has 0 saturated carbocycles. The van der Waals surface area contributed by atoms with Gasteiger partial charge in [0.15, 0.2) is 11.6 Å². The number of benzene rings is 1. The average Bonchev–Trinajstić information content (AvgIpc) is 2.66. The molecule has 0 aliphatic rings. The molecule has 0 saturated heterocycles. The van der Waals surface area contributed by atoms with Gasteiger partial charge < -0.3 is 10.3 Å². The quantitative estimate of drug-likeness (QED) is 0.886. The molecule has 0 atom stereocenters.